The molecule has 318 valence electrons. The van der Waals surface area contributed by atoms with Crippen molar-refractivity contribution in [1.82, 2.24) is 41.7 Å². The number of aliphatic imine (C=N–C) groups is 1. The second kappa shape index (κ2) is 21.7. The Morgan fingerprint density at radius 3 is 1.77 bits per heavy atom. The molecule has 3 heterocycles. The Hall–Kier alpha value is -5.50. The quantitative estimate of drug-likeness (QED) is 0.0598. The Labute approximate surface area is 331 Å². The largest absolute Gasteiger partial charge is 0.481 e. The molecule has 3 fully saturated rings. The van der Waals surface area contributed by atoms with Crippen LogP contribution in [0.1, 0.15) is 85.5 Å². The van der Waals surface area contributed by atoms with E-state index in [1.54, 1.807) is 0 Å². The van der Waals surface area contributed by atoms with Gasteiger partial charge in [-0.2, -0.15) is 0 Å². The van der Waals surface area contributed by atoms with Crippen LogP contribution in [0.3, 0.4) is 0 Å². The van der Waals surface area contributed by atoms with Gasteiger partial charge in [0.25, 0.3) is 0 Å². The molecule has 0 aromatic heterocycles. The van der Waals surface area contributed by atoms with Crippen LogP contribution < -0.4 is 43.4 Å². The lowest BCUT2D eigenvalue weighted by atomic mass is 10.0. The smallest absolute Gasteiger partial charge is 0.305 e. The lowest BCUT2D eigenvalue weighted by molar-refractivity contribution is -0.148. The van der Waals surface area contributed by atoms with Crippen LogP contribution in [0.2, 0.25) is 0 Å². The monoisotopic (exact) mass is 805 g/mol. The summed E-state index contributed by atoms with van der Waals surface area (Å²) in [5.74, 6) is -7.59. The van der Waals surface area contributed by atoms with E-state index in [-0.39, 0.29) is 63.1 Å². The molecule has 0 aliphatic carbocycles. The first-order valence-corrected chi connectivity index (χ1v) is 19.5. The van der Waals surface area contributed by atoms with Gasteiger partial charge in [0.05, 0.1) is 19.5 Å². The number of nitrogens with two attached hydrogens (primary N) is 2. The van der Waals surface area contributed by atoms with Crippen molar-refractivity contribution in [3.8, 4) is 0 Å². The number of hydrogen-bond donors (Lipinski definition) is 9. The van der Waals surface area contributed by atoms with E-state index in [9.17, 15) is 48.3 Å². The fraction of sp³-hybridized carbons (Fsp3) is 0.722. The van der Waals surface area contributed by atoms with Gasteiger partial charge < -0.3 is 58.3 Å². The first-order valence-electron chi connectivity index (χ1n) is 19.5. The lowest BCUT2D eigenvalue weighted by Gasteiger charge is -2.33. The van der Waals surface area contributed by atoms with Gasteiger partial charge in [-0.25, -0.2) is 0 Å². The van der Waals surface area contributed by atoms with Crippen molar-refractivity contribution in [2.24, 2.45) is 28.3 Å². The predicted octanol–water partition coefficient (Wildman–Crippen LogP) is -3.23. The highest BCUT2D eigenvalue weighted by atomic mass is 16.4. The maximum atomic E-state index is 14.1. The molecule has 21 nitrogen and oxygen atoms in total. The molecule has 3 saturated heterocycles. The third-order valence-corrected chi connectivity index (χ3v) is 9.80. The number of rotatable bonds is 10. The molecular weight excluding hydrogens is 746 g/mol. The van der Waals surface area contributed by atoms with Crippen molar-refractivity contribution in [1.29, 1.82) is 0 Å². The molecule has 0 spiro atoms. The zero-order valence-electron chi connectivity index (χ0n) is 33.1. The van der Waals surface area contributed by atoms with E-state index in [1.807, 2.05) is 27.7 Å². The van der Waals surface area contributed by atoms with Gasteiger partial charge in [-0.15, -0.1) is 0 Å². The van der Waals surface area contributed by atoms with Crippen molar-refractivity contribution >= 4 is 59.2 Å². The highest BCUT2D eigenvalue weighted by Crippen LogP contribution is 2.26. The van der Waals surface area contributed by atoms with Crippen LogP contribution in [0.25, 0.3) is 0 Å². The molecule has 8 amide bonds. The maximum absolute atomic E-state index is 14.1. The van der Waals surface area contributed by atoms with Crippen molar-refractivity contribution in [3.05, 3.63) is 0 Å². The van der Waals surface area contributed by atoms with Gasteiger partial charge in [-0.05, 0) is 63.2 Å². The number of carboxylic acids is 1. The normalized spacial score (nSPS) is 26.4. The zero-order valence-corrected chi connectivity index (χ0v) is 33.1. The summed E-state index contributed by atoms with van der Waals surface area (Å²) in [6.45, 7) is 6.56. The van der Waals surface area contributed by atoms with Gasteiger partial charge in [-0.3, -0.25) is 48.1 Å². The number of guanidine groups is 1. The van der Waals surface area contributed by atoms with Crippen molar-refractivity contribution in [2.45, 2.75) is 122 Å². The molecule has 3 rings (SSSR count). The molecule has 0 radical (unpaired) electrons. The minimum Gasteiger partial charge on any atom is -0.481 e. The summed E-state index contributed by atoms with van der Waals surface area (Å²) in [4.78, 5) is 127. The molecule has 11 N–H and O–H groups in total. The Morgan fingerprint density at radius 2 is 1.19 bits per heavy atom. The molecule has 0 aromatic rings. The number of nitrogens with zero attached hydrogens (tertiary/aromatic N) is 3. The average molecular weight is 806 g/mol. The van der Waals surface area contributed by atoms with Gasteiger partial charge in [0.1, 0.15) is 36.3 Å². The zero-order chi connectivity index (χ0) is 42.4. The molecule has 57 heavy (non-hydrogen) atoms. The first-order chi connectivity index (χ1) is 26.9. The summed E-state index contributed by atoms with van der Waals surface area (Å²) in [5, 5.41) is 24.7. The molecule has 0 bridgehead atoms. The van der Waals surface area contributed by atoms with E-state index < -0.39 is 109 Å². The number of amides is 8. The Morgan fingerprint density at radius 1 is 0.684 bits per heavy atom. The Bertz CT molecular complexity index is 1550. The number of carbonyl (C=O) groups is 9. The minimum atomic E-state index is -1.66. The molecule has 21 heteroatoms. The van der Waals surface area contributed by atoms with E-state index >= 15 is 0 Å². The van der Waals surface area contributed by atoms with Crippen molar-refractivity contribution in [2.75, 3.05) is 32.7 Å². The highest BCUT2D eigenvalue weighted by molar-refractivity contribution is 5.98. The number of carboxylic acid groups (broad SMARTS) is 1. The van der Waals surface area contributed by atoms with Gasteiger partial charge in [-0.1, -0.05) is 27.7 Å². The molecule has 0 unspecified atom stereocenters. The fourth-order valence-electron chi connectivity index (χ4n) is 7.15. The molecule has 3 aliphatic rings. The summed E-state index contributed by atoms with van der Waals surface area (Å²) < 4.78 is 0. The SMILES string of the molecule is CC(C)C[C@@H]1NC(=O)CNC(=O)[C@@H]2CCCN2C(=O)[C@H]2CCCN2C(=O)[C@H](CC(C)C)NC(=O)[C@H](CC(=O)O)NC(=O)CNC(=O)[C@H](CCCN=C(N)N)NC1=O. The third kappa shape index (κ3) is 14.2. The van der Waals surface area contributed by atoms with Gasteiger partial charge >= 0.3 is 5.97 Å². The second-order valence-corrected chi connectivity index (χ2v) is 15.5. The highest BCUT2D eigenvalue weighted by Gasteiger charge is 2.44. The summed E-state index contributed by atoms with van der Waals surface area (Å²) >= 11 is 0. The van der Waals surface area contributed by atoms with E-state index in [0.29, 0.717) is 25.7 Å². The number of fused-ring (bicyclic) bond motifs is 2. The summed E-state index contributed by atoms with van der Waals surface area (Å²) in [7, 11) is 0. The van der Waals surface area contributed by atoms with Crippen LogP contribution in [0.5, 0.6) is 0 Å². The van der Waals surface area contributed by atoms with E-state index in [4.69, 9.17) is 11.5 Å². The second-order valence-electron chi connectivity index (χ2n) is 15.5. The molecular formula is C36H59N11O10. The van der Waals surface area contributed by atoms with E-state index in [1.165, 1.54) is 9.80 Å². The maximum Gasteiger partial charge on any atom is 0.305 e. The number of aliphatic carboxylic acids is 1. The van der Waals surface area contributed by atoms with E-state index in [2.05, 4.69) is 36.9 Å². The summed E-state index contributed by atoms with van der Waals surface area (Å²) in [6, 6.07) is -7.10. The van der Waals surface area contributed by atoms with Crippen LogP contribution in [0.15, 0.2) is 4.99 Å². The topological polar surface area (TPSA) is 317 Å². The Balaban J connectivity index is 1.98. The number of carbonyl (C=O) groups excluding carboxylic acids is 8. The van der Waals surface area contributed by atoms with Gasteiger partial charge in [0.2, 0.25) is 47.3 Å². The molecule has 0 aromatic carbocycles. The predicted molar refractivity (Wildman–Crippen MR) is 204 cm³/mol. The Kier molecular flexibility index (Phi) is 17.5. The van der Waals surface area contributed by atoms with E-state index in [0.717, 1.165) is 0 Å². The lowest BCUT2D eigenvalue weighted by Crippen LogP contribution is -2.59. The molecule has 6 atom stereocenters. The van der Waals surface area contributed by atoms with Crippen LogP contribution in [-0.2, 0) is 43.2 Å². The standard InChI is InChI=1S/C36H59N11O10/c1-19(2)14-22-31(53)44-21(8-5-11-39-36(37)38)30(52)40-17-27(48)43-23(16-29(50)51)32(54)45-24(15-20(3)4)34(56)47-13-7-10-26(47)35(57)46-12-6-9-25(46)33(55)41-18-28(49)42-22/h19-26H,5-18H2,1-4H3,(H,40,52)(H,41,55)(H,42,49)(H,43,48)(H,44,53)(H,45,54)(H,50,51)(H4,37,38,39)/t21-,22-,23-,24-,25-,26+/m0/s1. The molecule has 0 saturated carbocycles. The van der Waals surface area contributed by atoms with Crippen LogP contribution in [0, 0.1) is 11.8 Å². The van der Waals surface area contributed by atoms with Gasteiger partial charge in [0, 0.05) is 19.6 Å². The summed E-state index contributed by atoms with van der Waals surface area (Å²) in [6.07, 6.45) is 1.22. The van der Waals surface area contributed by atoms with Crippen LogP contribution >= 0.6 is 0 Å². The van der Waals surface area contributed by atoms with Crippen molar-refractivity contribution in [3.63, 3.8) is 0 Å². The number of hydrogen-bond acceptors (Lipinski definition) is 10. The average Bonchev–Trinajstić information content (AvgIpc) is 3.83. The van der Waals surface area contributed by atoms with Crippen LogP contribution in [0.4, 0.5) is 0 Å². The first kappa shape index (κ1) is 45.9. The van der Waals surface area contributed by atoms with Crippen LogP contribution in [-0.4, -0.2) is 143 Å². The number of nitrogens with one attached hydrogen (secondary N) is 6. The fourth-order valence-corrected chi connectivity index (χ4v) is 7.15. The summed E-state index contributed by atoms with van der Waals surface area (Å²) in [5.41, 5.74) is 10.8. The van der Waals surface area contributed by atoms with Gasteiger partial charge in [0.15, 0.2) is 5.96 Å². The minimum absolute atomic E-state index is 0.00181. The third-order valence-electron chi connectivity index (χ3n) is 9.80. The van der Waals surface area contributed by atoms with Crippen molar-refractivity contribution < 1.29 is 48.3 Å². The molecule has 3 aliphatic heterocycles.